The van der Waals surface area contributed by atoms with E-state index in [1.165, 1.54) is 6.33 Å². The van der Waals surface area contributed by atoms with Crippen LogP contribution in [0.15, 0.2) is 12.4 Å². The maximum Gasteiger partial charge on any atom is 0.312 e. The molecule has 0 aliphatic carbocycles. The first-order valence-corrected chi connectivity index (χ1v) is 5.10. The molecule has 1 unspecified atom stereocenters. The molecule has 1 aromatic rings. The Balaban J connectivity index is 3.03. The lowest BCUT2D eigenvalue weighted by Crippen LogP contribution is -2.13. The van der Waals surface area contributed by atoms with Crippen molar-refractivity contribution >= 4 is 5.97 Å². The molecule has 0 aliphatic heterocycles. The third-order valence-corrected chi connectivity index (χ3v) is 2.36. The molecule has 1 aromatic heterocycles. The molecule has 0 bridgehead atoms. The Hall–Kier alpha value is -1.45. The van der Waals surface area contributed by atoms with Crippen LogP contribution >= 0.6 is 0 Å². The lowest BCUT2D eigenvalue weighted by molar-refractivity contribution is -0.138. The van der Waals surface area contributed by atoms with Crippen LogP contribution in [-0.4, -0.2) is 21.0 Å². The average Bonchev–Trinajstić information content (AvgIpc) is 2.18. The number of aliphatic carboxylic acids is 1. The zero-order chi connectivity index (χ0) is 11.4. The summed E-state index contributed by atoms with van der Waals surface area (Å²) in [7, 11) is 0. The summed E-state index contributed by atoms with van der Waals surface area (Å²) in [5.41, 5.74) is 1.49. The molecule has 0 amide bonds. The van der Waals surface area contributed by atoms with Crippen molar-refractivity contribution < 1.29 is 9.90 Å². The maximum absolute atomic E-state index is 11.0. The van der Waals surface area contributed by atoms with E-state index in [4.69, 9.17) is 5.11 Å². The van der Waals surface area contributed by atoms with Crippen molar-refractivity contribution in [2.75, 3.05) is 0 Å². The molecular formula is C11H16N2O2. The first kappa shape index (κ1) is 11.6. The third kappa shape index (κ3) is 2.75. The van der Waals surface area contributed by atoms with Gasteiger partial charge >= 0.3 is 5.97 Å². The largest absolute Gasteiger partial charge is 0.481 e. The molecule has 1 atom stereocenters. The number of carboxylic acid groups (broad SMARTS) is 1. The van der Waals surface area contributed by atoms with Crippen LogP contribution in [0.4, 0.5) is 0 Å². The Kier molecular flexibility index (Phi) is 3.77. The molecule has 4 nitrogen and oxygen atoms in total. The zero-order valence-corrected chi connectivity index (χ0v) is 9.27. The molecule has 82 valence electrons. The predicted octanol–water partition coefficient (Wildman–Crippen LogP) is 2.18. The Morgan fingerprint density at radius 3 is 2.47 bits per heavy atom. The van der Waals surface area contributed by atoms with Gasteiger partial charge in [-0.3, -0.25) is 4.79 Å². The van der Waals surface area contributed by atoms with E-state index in [1.54, 1.807) is 6.07 Å². The summed E-state index contributed by atoms with van der Waals surface area (Å²) in [4.78, 5) is 19.1. The number of hydrogen-bond donors (Lipinski definition) is 1. The number of rotatable bonds is 4. The SMILES string of the molecule is CCC(C(=O)O)c1cc(C(C)C)ncn1. The highest BCUT2D eigenvalue weighted by atomic mass is 16.4. The molecule has 15 heavy (non-hydrogen) atoms. The van der Waals surface area contributed by atoms with Crippen LogP contribution in [-0.2, 0) is 4.79 Å². The van der Waals surface area contributed by atoms with E-state index in [-0.39, 0.29) is 5.92 Å². The van der Waals surface area contributed by atoms with E-state index in [2.05, 4.69) is 9.97 Å². The molecule has 0 aliphatic rings. The Morgan fingerprint density at radius 1 is 1.40 bits per heavy atom. The Bertz CT molecular complexity index is 350. The number of hydrogen-bond acceptors (Lipinski definition) is 3. The minimum absolute atomic E-state index is 0.290. The summed E-state index contributed by atoms with van der Waals surface area (Å²) in [6, 6.07) is 1.78. The van der Waals surface area contributed by atoms with Gasteiger partial charge in [0.1, 0.15) is 6.33 Å². The van der Waals surface area contributed by atoms with Crippen molar-refractivity contribution in [3.05, 3.63) is 23.8 Å². The lowest BCUT2D eigenvalue weighted by Gasteiger charge is -2.11. The van der Waals surface area contributed by atoms with Gasteiger partial charge in [-0.25, -0.2) is 9.97 Å². The molecular weight excluding hydrogens is 192 g/mol. The van der Waals surface area contributed by atoms with Gasteiger partial charge in [0.2, 0.25) is 0 Å². The summed E-state index contributed by atoms with van der Waals surface area (Å²) in [5.74, 6) is -1.06. The van der Waals surface area contributed by atoms with E-state index < -0.39 is 11.9 Å². The molecule has 0 spiro atoms. The first-order chi connectivity index (χ1) is 7.06. The highest BCUT2D eigenvalue weighted by Gasteiger charge is 2.19. The highest BCUT2D eigenvalue weighted by Crippen LogP contribution is 2.20. The fourth-order valence-corrected chi connectivity index (χ4v) is 1.40. The molecule has 1 N–H and O–H groups in total. The van der Waals surface area contributed by atoms with Gasteiger partial charge in [-0.15, -0.1) is 0 Å². The molecule has 0 aromatic carbocycles. The molecule has 0 radical (unpaired) electrons. The monoisotopic (exact) mass is 208 g/mol. The highest BCUT2D eigenvalue weighted by molar-refractivity contribution is 5.75. The number of carbonyl (C=O) groups is 1. The van der Waals surface area contributed by atoms with Crippen molar-refractivity contribution in [2.45, 2.75) is 39.0 Å². The van der Waals surface area contributed by atoms with Crippen LogP contribution in [0.3, 0.4) is 0 Å². The number of carboxylic acids is 1. The standard InChI is InChI=1S/C11H16N2O2/c1-4-8(11(14)15)10-5-9(7(2)3)12-6-13-10/h5-8H,4H2,1-3H3,(H,14,15). The lowest BCUT2D eigenvalue weighted by atomic mass is 10.00. The number of nitrogens with zero attached hydrogens (tertiary/aromatic N) is 2. The van der Waals surface area contributed by atoms with E-state index in [0.29, 0.717) is 12.1 Å². The molecule has 0 saturated heterocycles. The van der Waals surface area contributed by atoms with Crippen LogP contribution in [0.2, 0.25) is 0 Å². The maximum atomic E-state index is 11.0. The quantitative estimate of drug-likeness (QED) is 0.823. The molecule has 0 saturated carbocycles. The van der Waals surface area contributed by atoms with Crippen LogP contribution in [0.1, 0.15) is 50.4 Å². The van der Waals surface area contributed by atoms with Gasteiger partial charge in [0.15, 0.2) is 0 Å². The molecule has 0 fully saturated rings. The summed E-state index contributed by atoms with van der Waals surface area (Å²) in [5, 5.41) is 9.00. The van der Waals surface area contributed by atoms with Crippen molar-refractivity contribution in [2.24, 2.45) is 0 Å². The fourth-order valence-electron chi connectivity index (χ4n) is 1.40. The Labute approximate surface area is 89.4 Å². The summed E-state index contributed by atoms with van der Waals surface area (Å²) < 4.78 is 0. The second-order valence-electron chi connectivity index (χ2n) is 3.82. The normalized spacial score (nSPS) is 12.8. The summed E-state index contributed by atoms with van der Waals surface area (Å²) >= 11 is 0. The summed E-state index contributed by atoms with van der Waals surface area (Å²) in [6.45, 7) is 5.89. The predicted molar refractivity (Wildman–Crippen MR) is 56.8 cm³/mol. The van der Waals surface area contributed by atoms with Gasteiger partial charge in [-0.2, -0.15) is 0 Å². The number of aromatic nitrogens is 2. The molecule has 4 heteroatoms. The van der Waals surface area contributed by atoms with E-state index in [0.717, 1.165) is 5.69 Å². The van der Waals surface area contributed by atoms with Crippen LogP contribution < -0.4 is 0 Å². The second kappa shape index (κ2) is 4.87. The second-order valence-corrected chi connectivity index (χ2v) is 3.82. The Morgan fingerprint density at radius 2 is 2.00 bits per heavy atom. The average molecular weight is 208 g/mol. The minimum atomic E-state index is -0.828. The van der Waals surface area contributed by atoms with Crippen molar-refractivity contribution in [1.82, 2.24) is 9.97 Å². The summed E-state index contributed by atoms with van der Waals surface area (Å²) in [6.07, 6.45) is 1.99. The van der Waals surface area contributed by atoms with E-state index in [9.17, 15) is 4.79 Å². The smallest absolute Gasteiger partial charge is 0.312 e. The van der Waals surface area contributed by atoms with Crippen LogP contribution in [0.5, 0.6) is 0 Å². The van der Waals surface area contributed by atoms with Gasteiger partial charge in [-0.05, 0) is 18.4 Å². The van der Waals surface area contributed by atoms with Crippen molar-refractivity contribution in [3.8, 4) is 0 Å². The van der Waals surface area contributed by atoms with Gasteiger partial charge < -0.3 is 5.11 Å². The van der Waals surface area contributed by atoms with E-state index in [1.807, 2.05) is 20.8 Å². The third-order valence-electron chi connectivity index (χ3n) is 2.36. The molecule has 1 rings (SSSR count). The van der Waals surface area contributed by atoms with Crippen LogP contribution in [0, 0.1) is 0 Å². The van der Waals surface area contributed by atoms with Crippen molar-refractivity contribution in [1.29, 1.82) is 0 Å². The van der Waals surface area contributed by atoms with E-state index >= 15 is 0 Å². The van der Waals surface area contributed by atoms with Gasteiger partial charge in [-0.1, -0.05) is 20.8 Å². The van der Waals surface area contributed by atoms with Gasteiger partial charge in [0.05, 0.1) is 11.6 Å². The zero-order valence-electron chi connectivity index (χ0n) is 9.27. The minimum Gasteiger partial charge on any atom is -0.481 e. The van der Waals surface area contributed by atoms with Gasteiger partial charge in [0.25, 0.3) is 0 Å². The topological polar surface area (TPSA) is 63.1 Å². The fraction of sp³-hybridized carbons (Fsp3) is 0.545. The van der Waals surface area contributed by atoms with Crippen LogP contribution in [0.25, 0.3) is 0 Å². The van der Waals surface area contributed by atoms with Crippen molar-refractivity contribution in [3.63, 3.8) is 0 Å². The molecule has 1 heterocycles. The van der Waals surface area contributed by atoms with Gasteiger partial charge in [0, 0.05) is 5.69 Å². The first-order valence-electron chi connectivity index (χ1n) is 5.10.